The van der Waals surface area contributed by atoms with Gasteiger partial charge in [-0.25, -0.2) is 9.18 Å². The van der Waals surface area contributed by atoms with Crippen molar-refractivity contribution < 1.29 is 36.6 Å². The van der Waals surface area contributed by atoms with E-state index in [2.05, 4.69) is 0 Å². The fourth-order valence-electron chi connectivity index (χ4n) is 3.10. The second-order valence-electron chi connectivity index (χ2n) is 7.85. The van der Waals surface area contributed by atoms with Crippen molar-refractivity contribution in [3.05, 3.63) is 89.7 Å². The van der Waals surface area contributed by atoms with E-state index in [9.17, 15) is 22.4 Å². The minimum atomic E-state index is -4.41. The van der Waals surface area contributed by atoms with Crippen molar-refractivity contribution in [1.29, 1.82) is 0 Å². The molecule has 0 bridgehead atoms. The van der Waals surface area contributed by atoms with Crippen molar-refractivity contribution in [2.45, 2.75) is 25.7 Å². The number of hydrogen-bond acceptors (Lipinski definition) is 5. The minimum absolute atomic E-state index is 0.122. The number of carbonyl (C=O) groups excluding carboxylic acids is 1. The van der Waals surface area contributed by atoms with E-state index in [0.717, 1.165) is 12.1 Å². The van der Waals surface area contributed by atoms with Crippen LogP contribution < -0.4 is 9.47 Å². The number of rotatable bonds is 10. The Hall–Kier alpha value is -3.59. The Labute approximate surface area is 200 Å². The summed E-state index contributed by atoms with van der Waals surface area (Å²) in [6.45, 7) is 2.48. The molecule has 0 aromatic heterocycles. The number of ether oxygens (including phenoxy) is 3. The summed E-state index contributed by atoms with van der Waals surface area (Å²) in [5.74, 6) is 0.211. The van der Waals surface area contributed by atoms with E-state index >= 15 is 0 Å². The Morgan fingerprint density at radius 1 is 0.914 bits per heavy atom. The van der Waals surface area contributed by atoms with Crippen LogP contribution in [0.1, 0.15) is 18.1 Å². The normalized spacial score (nSPS) is 12.3. The van der Waals surface area contributed by atoms with Crippen molar-refractivity contribution >= 4 is 5.97 Å². The van der Waals surface area contributed by atoms with Gasteiger partial charge in [0.05, 0.1) is 5.56 Å². The first kappa shape index (κ1) is 26.0. The van der Waals surface area contributed by atoms with Crippen LogP contribution in [0.25, 0.3) is 0 Å². The van der Waals surface area contributed by atoms with Crippen LogP contribution in [0.15, 0.2) is 72.8 Å². The highest BCUT2D eigenvalue weighted by Crippen LogP contribution is 2.31. The van der Waals surface area contributed by atoms with Gasteiger partial charge in [0.2, 0.25) is 0 Å². The van der Waals surface area contributed by atoms with Crippen molar-refractivity contribution in [3.63, 3.8) is 0 Å². The minimum Gasteiger partial charge on any atom is -0.479 e. The van der Waals surface area contributed by atoms with E-state index in [4.69, 9.17) is 14.2 Å². The Balaban J connectivity index is 1.42. The molecule has 0 radical (unpaired) electrons. The highest BCUT2D eigenvalue weighted by atomic mass is 19.4. The van der Waals surface area contributed by atoms with Crippen molar-refractivity contribution in [2.75, 3.05) is 20.2 Å². The van der Waals surface area contributed by atoms with Crippen LogP contribution in [0.5, 0.6) is 17.2 Å². The summed E-state index contributed by atoms with van der Waals surface area (Å²) in [6.07, 6.45) is -5.28. The van der Waals surface area contributed by atoms with E-state index < -0.39 is 23.8 Å². The molecule has 1 atom stereocenters. The zero-order valence-corrected chi connectivity index (χ0v) is 19.2. The van der Waals surface area contributed by atoms with Gasteiger partial charge in [-0.15, -0.1) is 0 Å². The fraction of sp³-hybridized carbons (Fsp3) is 0.269. The molecule has 0 aliphatic carbocycles. The van der Waals surface area contributed by atoms with Crippen LogP contribution in [-0.2, 0) is 22.3 Å². The van der Waals surface area contributed by atoms with E-state index in [1.165, 1.54) is 18.2 Å². The second kappa shape index (κ2) is 11.7. The molecule has 0 N–H and O–H groups in total. The predicted molar refractivity (Wildman–Crippen MR) is 122 cm³/mol. The maximum Gasteiger partial charge on any atom is 0.416 e. The first-order valence-electron chi connectivity index (χ1n) is 10.8. The lowest BCUT2D eigenvalue weighted by Gasteiger charge is -2.18. The predicted octanol–water partition coefficient (Wildman–Crippen LogP) is 6.08. The summed E-state index contributed by atoms with van der Waals surface area (Å²) in [5.41, 5.74) is -0.199. The van der Waals surface area contributed by atoms with Gasteiger partial charge in [0, 0.05) is 18.7 Å². The van der Waals surface area contributed by atoms with Gasteiger partial charge >= 0.3 is 12.1 Å². The Kier molecular flexibility index (Phi) is 8.70. The van der Waals surface area contributed by atoms with Crippen LogP contribution >= 0.6 is 0 Å². The molecule has 0 spiro atoms. The first-order chi connectivity index (χ1) is 16.6. The SMILES string of the molecule is CC(Oc1ccc(Oc2ccc(C(F)(F)F)cc2)cc1)C(=O)OCCN(C)Cc1ccccc1F. The van der Waals surface area contributed by atoms with Gasteiger partial charge in [0.25, 0.3) is 0 Å². The number of benzene rings is 3. The summed E-state index contributed by atoms with van der Waals surface area (Å²) < 4.78 is 68.0. The standard InChI is InChI=1S/C26H25F4NO4/c1-18(25(32)33-16-15-31(2)17-19-5-3-4-6-24(19)27)34-21-11-13-23(14-12-21)35-22-9-7-20(8-10-22)26(28,29)30/h3-14,18H,15-17H2,1-2H3. The lowest BCUT2D eigenvalue weighted by Crippen LogP contribution is -2.30. The van der Waals surface area contributed by atoms with E-state index in [-0.39, 0.29) is 18.2 Å². The highest BCUT2D eigenvalue weighted by molar-refractivity contribution is 5.74. The van der Waals surface area contributed by atoms with Crippen LogP contribution in [0, 0.1) is 5.82 Å². The largest absolute Gasteiger partial charge is 0.479 e. The molecule has 0 saturated heterocycles. The van der Waals surface area contributed by atoms with Crippen LogP contribution in [0.3, 0.4) is 0 Å². The van der Waals surface area contributed by atoms with Gasteiger partial charge in [-0.2, -0.15) is 13.2 Å². The topological polar surface area (TPSA) is 48.0 Å². The number of nitrogens with zero attached hydrogens (tertiary/aromatic N) is 1. The highest BCUT2D eigenvalue weighted by Gasteiger charge is 2.30. The average molecular weight is 491 g/mol. The molecule has 0 fully saturated rings. The molecule has 9 heteroatoms. The monoisotopic (exact) mass is 491 g/mol. The molecule has 0 amide bonds. The van der Waals surface area contributed by atoms with E-state index in [0.29, 0.717) is 30.2 Å². The molecule has 0 saturated carbocycles. The maximum absolute atomic E-state index is 13.7. The van der Waals surface area contributed by atoms with Gasteiger partial charge in [0.15, 0.2) is 6.10 Å². The van der Waals surface area contributed by atoms with Crippen molar-refractivity contribution in [3.8, 4) is 17.2 Å². The number of likely N-dealkylation sites (N-methyl/N-ethyl adjacent to an activating group) is 1. The average Bonchev–Trinajstić information content (AvgIpc) is 2.81. The maximum atomic E-state index is 13.7. The third-order valence-corrected chi connectivity index (χ3v) is 5.00. The van der Waals surface area contributed by atoms with Crippen molar-refractivity contribution in [1.82, 2.24) is 4.90 Å². The molecule has 35 heavy (non-hydrogen) atoms. The fourth-order valence-corrected chi connectivity index (χ4v) is 3.10. The molecule has 0 heterocycles. The second-order valence-corrected chi connectivity index (χ2v) is 7.85. The summed E-state index contributed by atoms with van der Waals surface area (Å²) in [7, 11) is 1.80. The first-order valence-corrected chi connectivity index (χ1v) is 10.8. The number of carbonyl (C=O) groups is 1. The summed E-state index contributed by atoms with van der Waals surface area (Å²) in [4.78, 5) is 14.1. The third-order valence-electron chi connectivity index (χ3n) is 5.00. The molecule has 186 valence electrons. The van der Waals surface area contributed by atoms with Gasteiger partial charge in [-0.05, 0) is 68.6 Å². The molecule has 0 aliphatic rings. The zero-order valence-electron chi connectivity index (χ0n) is 19.2. The van der Waals surface area contributed by atoms with Crippen LogP contribution in [0.4, 0.5) is 17.6 Å². The Morgan fingerprint density at radius 2 is 1.49 bits per heavy atom. The summed E-state index contributed by atoms with van der Waals surface area (Å²) in [6, 6.07) is 17.1. The lowest BCUT2D eigenvalue weighted by molar-refractivity contribution is -0.151. The molecular weight excluding hydrogens is 466 g/mol. The number of halogens is 4. The smallest absolute Gasteiger partial charge is 0.416 e. The van der Waals surface area contributed by atoms with Gasteiger partial charge in [-0.3, -0.25) is 4.90 Å². The van der Waals surface area contributed by atoms with E-state index in [1.54, 1.807) is 56.4 Å². The molecule has 3 aromatic carbocycles. The number of esters is 1. The molecule has 5 nitrogen and oxygen atoms in total. The zero-order chi connectivity index (χ0) is 25.4. The Morgan fingerprint density at radius 3 is 2.09 bits per heavy atom. The quantitative estimate of drug-likeness (QED) is 0.254. The lowest BCUT2D eigenvalue weighted by atomic mass is 10.2. The summed E-state index contributed by atoms with van der Waals surface area (Å²) in [5, 5.41) is 0. The summed E-state index contributed by atoms with van der Waals surface area (Å²) >= 11 is 0. The van der Waals surface area contributed by atoms with Gasteiger partial charge in [-0.1, -0.05) is 18.2 Å². The number of hydrogen-bond donors (Lipinski definition) is 0. The van der Waals surface area contributed by atoms with Gasteiger partial charge in [0.1, 0.15) is 29.7 Å². The van der Waals surface area contributed by atoms with Crippen molar-refractivity contribution in [2.24, 2.45) is 0 Å². The Bertz CT molecular complexity index is 1100. The molecule has 0 aliphatic heterocycles. The van der Waals surface area contributed by atoms with Crippen LogP contribution in [-0.4, -0.2) is 37.2 Å². The van der Waals surface area contributed by atoms with E-state index in [1.807, 2.05) is 4.90 Å². The van der Waals surface area contributed by atoms with Gasteiger partial charge < -0.3 is 14.2 Å². The molecular formula is C26H25F4NO4. The number of alkyl halides is 3. The third kappa shape index (κ3) is 7.99. The molecule has 3 aromatic rings. The molecule has 3 rings (SSSR count). The molecule has 1 unspecified atom stereocenters. The van der Waals surface area contributed by atoms with Crippen LogP contribution in [0.2, 0.25) is 0 Å².